The molecule has 0 aliphatic carbocycles. The SMILES string of the molecule is COC(=O)C1=CSC(c2ccccc2)c2sccc21. The molecular formula is C15H12O2S2. The summed E-state index contributed by atoms with van der Waals surface area (Å²) in [7, 11) is 1.42. The monoisotopic (exact) mass is 288 g/mol. The van der Waals surface area contributed by atoms with Crippen molar-refractivity contribution in [2.75, 3.05) is 7.11 Å². The predicted molar refractivity (Wildman–Crippen MR) is 80.2 cm³/mol. The molecule has 0 amide bonds. The second-order valence-corrected chi connectivity index (χ2v) is 6.08. The van der Waals surface area contributed by atoms with Crippen LogP contribution in [0.25, 0.3) is 5.57 Å². The number of thiophene rings is 1. The lowest BCUT2D eigenvalue weighted by Gasteiger charge is -2.21. The molecule has 3 rings (SSSR count). The van der Waals surface area contributed by atoms with Crippen LogP contribution in [0.4, 0.5) is 0 Å². The van der Waals surface area contributed by atoms with E-state index in [2.05, 4.69) is 12.1 Å². The number of hydrogen-bond donors (Lipinski definition) is 0. The molecule has 0 spiro atoms. The van der Waals surface area contributed by atoms with Gasteiger partial charge in [0.15, 0.2) is 0 Å². The van der Waals surface area contributed by atoms with Gasteiger partial charge >= 0.3 is 5.97 Å². The van der Waals surface area contributed by atoms with Crippen LogP contribution < -0.4 is 0 Å². The predicted octanol–water partition coefficient (Wildman–Crippen LogP) is 4.10. The number of benzene rings is 1. The minimum Gasteiger partial charge on any atom is -0.465 e. The first kappa shape index (κ1) is 12.5. The van der Waals surface area contributed by atoms with Crippen molar-refractivity contribution in [3.8, 4) is 0 Å². The maximum Gasteiger partial charge on any atom is 0.339 e. The van der Waals surface area contributed by atoms with E-state index in [0.29, 0.717) is 5.57 Å². The van der Waals surface area contributed by atoms with Crippen LogP contribution in [0.15, 0.2) is 47.2 Å². The Balaban J connectivity index is 2.03. The largest absolute Gasteiger partial charge is 0.465 e. The highest BCUT2D eigenvalue weighted by atomic mass is 32.2. The third-order valence-corrected chi connectivity index (χ3v) is 5.34. The summed E-state index contributed by atoms with van der Waals surface area (Å²) in [5, 5.41) is 4.21. The topological polar surface area (TPSA) is 26.3 Å². The Labute approximate surface area is 120 Å². The Morgan fingerprint density at radius 1 is 1.21 bits per heavy atom. The smallest absolute Gasteiger partial charge is 0.339 e. The molecular weight excluding hydrogens is 276 g/mol. The van der Waals surface area contributed by atoms with E-state index in [4.69, 9.17) is 4.74 Å². The van der Waals surface area contributed by atoms with Crippen LogP contribution in [0.2, 0.25) is 0 Å². The summed E-state index contributed by atoms with van der Waals surface area (Å²) in [4.78, 5) is 13.0. The van der Waals surface area contributed by atoms with Crippen molar-refractivity contribution in [2.45, 2.75) is 5.25 Å². The third kappa shape index (κ3) is 2.22. The molecule has 1 atom stereocenters. The fourth-order valence-electron chi connectivity index (χ4n) is 2.13. The average molecular weight is 288 g/mol. The highest BCUT2D eigenvalue weighted by Gasteiger charge is 2.28. The van der Waals surface area contributed by atoms with Gasteiger partial charge in [0.1, 0.15) is 0 Å². The second kappa shape index (κ2) is 5.23. The van der Waals surface area contributed by atoms with Gasteiger partial charge in [-0.05, 0) is 22.4 Å². The Morgan fingerprint density at radius 3 is 2.74 bits per heavy atom. The maximum absolute atomic E-state index is 11.8. The van der Waals surface area contributed by atoms with Gasteiger partial charge in [0.05, 0.1) is 17.9 Å². The normalized spacial score (nSPS) is 17.5. The molecule has 1 aliphatic heterocycles. The van der Waals surface area contributed by atoms with E-state index >= 15 is 0 Å². The Bertz CT molecular complexity index is 629. The number of carbonyl (C=O) groups excluding carboxylic acids is 1. The van der Waals surface area contributed by atoms with Gasteiger partial charge in [0, 0.05) is 10.4 Å². The van der Waals surface area contributed by atoms with Crippen LogP contribution in [0.1, 0.15) is 21.3 Å². The Morgan fingerprint density at radius 2 is 2.00 bits per heavy atom. The lowest BCUT2D eigenvalue weighted by atomic mass is 10.0. The molecule has 0 radical (unpaired) electrons. The molecule has 96 valence electrons. The molecule has 1 aromatic carbocycles. The van der Waals surface area contributed by atoms with E-state index in [9.17, 15) is 4.79 Å². The molecule has 1 aliphatic rings. The van der Waals surface area contributed by atoms with E-state index in [1.807, 2.05) is 35.1 Å². The molecule has 2 aromatic rings. The summed E-state index contributed by atoms with van der Waals surface area (Å²) in [5.74, 6) is -0.265. The van der Waals surface area contributed by atoms with E-state index < -0.39 is 0 Å². The molecule has 1 aromatic heterocycles. The number of rotatable bonds is 2. The molecule has 0 saturated carbocycles. The van der Waals surface area contributed by atoms with Gasteiger partial charge in [-0.3, -0.25) is 0 Å². The number of thioether (sulfide) groups is 1. The first-order valence-corrected chi connectivity index (χ1v) is 7.70. The summed E-state index contributed by atoms with van der Waals surface area (Å²) in [6.07, 6.45) is 0. The summed E-state index contributed by atoms with van der Waals surface area (Å²) in [6.45, 7) is 0. The average Bonchev–Trinajstić information content (AvgIpc) is 2.95. The van der Waals surface area contributed by atoms with Gasteiger partial charge in [-0.2, -0.15) is 0 Å². The van der Waals surface area contributed by atoms with Gasteiger partial charge in [0.25, 0.3) is 0 Å². The fourth-order valence-corrected chi connectivity index (χ4v) is 4.44. The number of ether oxygens (including phenoxy) is 1. The second-order valence-electron chi connectivity index (χ2n) is 4.15. The van der Waals surface area contributed by atoms with Crippen LogP contribution in [0.5, 0.6) is 0 Å². The zero-order chi connectivity index (χ0) is 13.2. The molecule has 4 heteroatoms. The van der Waals surface area contributed by atoms with Crippen LogP contribution >= 0.6 is 23.1 Å². The van der Waals surface area contributed by atoms with Gasteiger partial charge in [0.2, 0.25) is 0 Å². The number of esters is 1. The maximum atomic E-state index is 11.8. The van der Waals surface area contributed by atoms with Crippen molar-refractivity contribution >= 4 is 34.6 Å². The number of carbonyl (C=O) groups is 1. The zero-order valence-electron chi connectivity index (χ0n) is 10.3. The van der Waals surface area contributed by atoms with Crippen molar-refractivity contribution in [1.29, 1.82) is 0 Å². The summed E-state index contributed by atoms with van der Waals surface area (Å²) < 4.78 is 4.84. The molecule has 19 heavy (non-hydrogen) atoms. The Kier molecular flexibility index (Phi) is 3.44. The molecule has 2 nitrogen and oxygen atoms in total. The van der Waals surface area contributed by atoms with Crippen molar-refractivity contribution in [3.63, 3.8) is 0 Å². The van der Waals surface area contributed by atoms with E-state index in [1.165, 1.54) is 17.6 Å². The van der Waals surface area contributed by atoms with Crippen molar-refractivity contribution < 1.29 is 9.53 Å². The molecule has 2 heterocycles. The van der Waals surface area contributed by atoms with E-state index in [-0.39, 0.29) is 11.2 Å². The van der Waals surface area contributed by atoms with Crippen molar-refractivity contribution in [3.05, 3.63) is 63.2 Å². The molecule has 0 saturated heterocycles. The molecule has 0 bridgehead atoms. The quantitative estimate of drug-likeness (QED) is 0.778. The van der Waals surface area contributed by atoms with Crippen LogP contribution in [-0.2, 0) is 9.53 Å². The standard InChI is InChI=1S/C15H12O2S2/c1-17-15(16)12-9-19-13(10-5-3-2-4-6-10)14-11(12)7-8-18-14/h2-9,13H,1H3. The molecule has 0 N–H and O–H groups in total. The minimum atomic E-state index is -0.265. The van der Waals surface area contributed by atoms with E-state index in [1.54, 1.807) is 23.1 Å². The molecule has 0 fully saturated rings. The zero-order valence-corrected chi connectivity index (χ0v) is 12.0. The highest BCUT2D eigenvalue weighted by molar-refractivity contribution is 8.03. The lowest BCUT2D eigenvalue weighted by molar-refractivity contribution is -0.133. The van der Waals surface area contributed by atoms with Gasteiger partial charge in [-0.15, -0.1) is 23.1 Å². The Hall–Kier alpha value is -1.52. The van der Waals surface area contributed by atoms with E-state index in [0.717, 1.165) is 5.56 Å². The van der Waals surface area contributed by atoms with Gasteiger partial charge in [-0.25, -0.2) is 4.79 Å². The highest BCUT2D eigenvalue weighted by Crippen LogP contribution is 2.47. The van der Waals surface area contributed by atoms with Gasteiger partial charge in [-0.1, -0.05) is 30.3 Å². The van der Waals surface area contributed by atoms with Gasteiger partial charge < -0.3 is 4.74 Å². The van der Waals surface area contributed by atoms with Crippen molar-refractivity contribution in [1.82, 2.24) is 0 Å². The first-order chi connectivity index (χ1) is 9.31. The third-order valence-electron chi connectivity index (χ3n) is 3.05. The number of hydrogen-bond acceptors (Lipinski definition) is 4. The van der Waals surface area contributed by atoms with Crippen molar-refractivity contribution in [2.24, 2.45) is 0 Å². The van der Waals surface area contributed by atoms with Crippen LogP contribution in [0.3, 0.4) is 0 Å². The summed E-state index contributed by atoms with van der Waals surface area (Å²) in [5.41, 5.74) is 2.93. The number of fused-ring (bicyclic) bond motifs is 1. The minimum absolute atomic E-state index is 0.265. The first-order valence-electron chi connectivity index (χ1n) is 5.88. The fraction of sp³-hybridized carbons (Fsp3) is 0.133. The van der Waals surface area contributed by atoms with Crippen LogP contribution in [0, 0.1) is 0 Å². The number of methoxy groups -OCH3 is 1. The summed E-state index contributed by atoms with van der Waals surface area (Å²) >= 11 is 3.35. The lowest BCUT2D eigenvalue weighted by Crippen LogP contribution is -2.09. The summed E-state index contributed by atoms with van der Waals surface area (Å²) in [6, 6.07) is 12.3. The molecule has 1 unspecified atom stereocenters. The van der Waals surface area contributed by atoms with Crippen LogP contribution in [-0.4, -0.2) is 13.1 Å².